The second-order valence-corrected chi connectivity index (χ2v) is 8.92. The van der Waals surface area contributed by atoms with Crippen molar-refractivity contribution in [2.24, 2.45) is 10.9 Å². The molecule has 0 bridgehead atoms. The third kappa shape index (κ3) is 7.78. The molecule has 2 aliphatic heterocycles. The molecular weight excluding hydrogens is 386 g/mol. The Morgan fingerprint density at radius 1 is 1.06 bits per heavy atom. The topological polar surface area (TPSA) is 43.3 Å². The molecule has 0 amide bonds. The zero-order valence-corrected chi connectivity index (χ0v) is 20.0. The van der Waals surface area contributed by atoms with Gasteiger partial charge in [-0.2, -0.15) is 0 Å². The van der Waals surface area contributed by atoms with Crippen LogP contribution in [-0.4, -0.2) is 86.7 Å². The molecule has 174 valence electrons. The highest BCUT2D eigenvalue weighted by Crippen LogP contribution is 2.19. The fourth-order valence-corrected chi connectivity index (χ4v) is 4.52. The number of nitrogens with one attached hydrogen (secondary N) is 1. The van der Waals surface area contributed by atoms with Crippen LogP contribution in [0.25, 0.3) is 0 Å². The van der Waals surface area contributed by atoms with Crippen LogP contribution in [0.4, 0.5) is 0 Å². The molecular formula is C25H43N5O. The summed E-state index contributed by atoms with van der Waals surface area (Å²) in [6.07, 6.45) is 3.60. The van der Waals surface area contributed by atoms with Gasteiger partial charge in [-0.05, 0) is 49.8 Å². The molecule has 2 heterocycles. The summed E-state index contributed by atoms with van der Waals surface area (Å²) in [5, 5.41) is 3.49. The molecule has 0 atom stereocenters. The number of aliphatic imine (C=N–C) groups is 1. The van der Waals surface area contributed by atoms with Crippen molar-refractivity contribution >= 4 is 5.96 Å². The minimum absolute atomic E-state index is 0.731. The lowest BCUT2D eigenvalue weighted by Gasteiger charge is -2.34. The molecule has 6 nitrogen and oxygen atoms in total. The monoisotopic (exact) mass is 429 g/mol. The van der Waals surface area contributed by atoms with E-state index in [4.69, 9.17) is 9.73 Å². The van der Waals surface area contributed by atoms with Crippen molar-refractivity contribution in [3.05, 3.63) is 35.4 Å². The predicted molar refractivity (Wildman–Crippen MR) is 129 cm³/mol. The van der Waals surface area contributed by atoms with Crippen molar-refractivity contribution in [3.63, 3.8) is 0 Å². The van der Waals surface area contributed by atoms with Gasteiger partial charge in [0.1, 0.15) is 0 Å². The van der Waals surface area contributed by atoms with Gasteiger partial charge in [-0.25, -0.2) is 4.99 Å². The molecule has 3 rings (SSSR count). The van der Waals surface area contributed by atoms with Gasteiger partial charge in [0.05, 0.1) is 6.54 Å². The number of likely N-dealkylation sites (N-methyl/N-ethyl adjacent to an activating group) is 1. The fourth-order valence-electron chi connectivity index (χ4n) is 4.52. The largest absolute Gasteiger partial charge is 0.381 e. The van der Waals surface area contributed by atoms with Crippen molar-refractivity contribution in [3.8, 4) is 0 Å². The SMILES string of the molecule is CCNC(=NCc1ccccc1CN1CCN(CC)CC1)N(C)CCC1CCOCC1. The molecule has 0 aliphatic carbocycles. The van der Waals surface area contributed by atoms with Crippen LogP contribution in [0.1, 0.15) is 44.2 Å². The van der Waals surface area contributed by atoms with E-state index in [1.54, 1.807) is 0 Å². The van der Waals surface area contributed by atoms with E-state index >= 15 is 0 Å². The van der Waals surface area contributed by atoms with Crippen LogP contribution in [0.5, 0.6) is 0 Å². The van der Waals surface area contributed by atoms with Crippen LogP contribution in [0.2, 0.25) is 0 Å². The number of benzene rings is 1. The summed E-state index contributed by atoms with van der Waals surface area (Å²) in [4.78, 5) is 12.4. The van der Waals surface area contributed by atoms with Crippen molar-refractivity contribution in [2.45, 2.75) is 46.2 Å². The summed E-state index contributed by atoms with van der Waals surface area (Å²) >= 11 is 0. The molecule has 1 aromatic rings. The Bertz CT molecular complexity index is 666. The minimum Gasteiger partial charge on any atom is -0.381 e. The summed E-state index contributed by atoms with van der Waals surface area (Å²) in [6.45, 7) is 15.8. The standard InChI is InChI=1S/C25H43N5O/c1-4-26-25(28(3)13-10-22-11-18-31-19-12-22)27-20-23-8-6-7-9-24(23)21-30-16-14-29(5-2)15-17-30/h6-9,22H,4-5,10-21H2,1-3H3,(H,26,27). The van der Waals surface area contributed by atoms with E-state index in [9.17, 15) is 0 Å². The maximum absolute atomic E-state index is 5.50. The van der Waals surface area contributed by atoms with Gasteiger partial charge in [0, 0.05) is 66.1 Å². The van der Waals surface area contributed by atoms with E-state index in [0.29, 0.717) is 0 Å². The Hall–Kier alpha value is -1.63. The molecule has 1 N–H and O–H groups in total. The van der Waals surface area contributed by atoms with Crippen LogP contribution in [0.3, 0.4) is 0 Å². The summed E-state index contributed by atoms with van der Waals surface area (Å²) < 4.78 is 5.50. The van der Waals surface area contributed by atoms with Gasteiger partial charge in [-0.15, -0.1) is 0 Å². The van der Waals surface area contributed by atoms with E-state index < -0.39 is 0 Å². The highest BCUT2D eigenvalue weighted by molar-refractivity contribution is 5.79. The molecule has 0 unspecified atom stereocenters. The minimum atomic E-state index is 0.731. The normalized spacial score (nSPS) is 19.5. The summed E-state index contributed by atoms with van der Waals surface area (Å²) in [5.41, 5.74) is 2.76. The highest BCUT2D eigenvalue weighted by atomic mass is 16.5. The number of nitrogens with zero attached hydrogens (tertiary/aromatic N) is 4. The molecule has 2 fully saturated rings. The van der Waals surface area contributed by atoms with E-state index in [2.05, 4.69) is 65.2 Å². The molecule has 0 radical (unpaired) electrons. The Kier molecular flexibility index (Phi) is 10.1. The van der Waals surface area contributed by atoms with Gasteiger partial charge in [0.15, 0.2) is 5.96 Å². The molecule has 31 heavy (non-hydrogen) atoms. The number of rotatable bonds is 9. The Labute approximate surface area is 189 Å². The quantitative estimate of drug-likeness (QED) is 0.483. The second-order valence-electron chi connectivity index (χ2n) is 8.92. The number of guanidine groups is 1. The zero-order chi connectivity index (χ0) is 21.9. The summed E-state index contributed by atoms with van der Waals surface area (Å²) in [6, 6.07) is 8.83. The van der Waals surface area contributed by atoms with Gasteiger partial charge >= 0.3 is 0 Å². The third-order valence-corrected chi connectivity index (χ3v) is 6.73. The number of piperazine rings is 1. The van der Waals surface area contributed by atoms with Gasteiger partial charge < -0.3 is 19.9 Å². The summed E-state index contributed by atoms with van der Waals surface area (Å²) in [7, 11) is 2.17. The lowest BCUT2D eigenvalue weighted by Crippen LogP contribution is -2.45. The van der Waals surface area contributed by atoms with Crippen LogP contribution in [-0.2, 0) is 17.8 Å². The van der Waals surface area contributed by atoms with Gasteiger partial charge in [-0.3, -0.25) is 4.90 Å². The molecule has 2 aliphatic rings. The van der Waals surface area contributed by atoms with Crippen LogP contribution in [0.15, 0.2) is 29.3 Å². The zero-order valence-electron chi connectivity index (χ0n) is 20.0. The second kappa shape index (κ2) is 13.0. The van der Waals surface area contributed by atoms with Gasteiger partial charge in [-0.1, -0.05) is 31.2 Å². The van der Waals surface area contributed by atoms with E-state index in [-0.39, 0.29) is 0 Å². The van der Waals surface area contributed by atoms with E-state index in [1.807, 2.05) is 0 Å². The molecule has 0 spiro atoms. The first-order valence-electron chi connectivity index (χ1n) is 12.3. The highest BCUT2D eigenvalue weighted by Gasteiger charge is 2.17. The van der Waals surface area contributed by atoms with E-state index in [0.717, 1.165) is 70.9 Å². The first-order valence-corrected chi connectivity index (χ1v) is 12.3. The Balaban J connectivity index is 1.57. The molecule has 0 aromatic heterocycles. The maximum Gasteiger partial charge on any atom is 0.193 e. The lowest BCUT2D eigenvalue weighted by atomic mass is 9.96. The van der Waals surface area contributed by atoms with E-state index in [1.165, 1.54) is 43.5 Å². The Morgan fingerprint density at radius 3 is 2.42 bits per heavy atom. The number of hydrogen-bond donors (Lipinski definition) is 1. The van der Waals surface area contributed by atoms with Crippen molar-refractivity contribution < 1.29 is 4.74 Å². The average molecular weight is 430 g/mol. The van der Waals surface area contributed by atoms with Crippen molar-refractivity contribution in [1.82, 2.24) is 20.0 Å². The molecule has 6 heteroatoms. The summed E-state index contributed by atoms with van der Waals surface area (Å²) in [5.74, 6) is 1.80. The van der Waals surface area contributed by atoms with Crippen LogP contribution in [0, 0.1) is 5.92 Å². The molecule has 2 saturated heterocycles. The fraction of sp³-hybridized carbons (Fsp3) is 0.720. The first-order chi connectivity index (χ1) is 15.2. The predicted octanol–water partition coefficient (Wildman–Crippen LogP) is 3.04. The number of ether oxygens (including phenoxy) is 1. The average Bonchev–Trinajstić information content (AvgIpc) is 2.82. The maximum atomic E-state index is 5.50. The van der Waals surface area contributed by atoms with Crippen LogP contribution < -0.4 is 5.32 Å². The smallest absolute Gasteiger partial charge is 0.193 e. The lowest BCUT2D eigenvalue weighted by molar-refractivity contribution is 0.0625. The third-order valence-electron chi connectivity index (χ3n) is 6.73. The van der Waals surface area contributed by atoms with Crippen molar-refractivity contribution in [1.29, 1.82) is 0 Å². The van der Waals surface area contributed by atoms with Gasteiger partial charge in [0.25, 0.3) is 0 Å². The molecule has 1 aromatic carbocycles. The molecule has 0 saturated carbocycles. The number of hydrogen-bond acceptors (Lipinski definition) is 4. The Morgan fingerprint density at radius 2 is 1.74 bits per heavy atom. The first kappa shape index (κ1) is 24.0. The van der Waals surface area contributed by atoms with Crippen LogP contribution >= 0.6 is 0 Å². The van der Waals surface area contributed by atoms with Gasteiger partial charge in [0.2, 0.25) is 0 Å². The van der Waals surface area contributed by atoms with Crippen molar-refractivity contribution in [2.75, 3.05) is 66.1 Å².